The summed E-state index contributed by atoms with van der Waals surface area (Å²) in [6.07, 6.45) is 9.20. The summed E-state index contributed by atoms with van der Waals surface area (Å²) in [6.45, 7) is 3.73. The van der Waals surface area contributed by atoms with Crippen LogP contribution in [0.1, 0.15) is 25.7 Å². The van der Waals surface area contributed by atoms with Gasteiger partial charge in [-0.25, -0.2) is 0 Å². The van der Waals surface area contributed by atoms with Crippen LogP contribution in [0.2, 0.25) is 0 Å². The molecule has 0 bridgehead atoms. The van der Waals surface area contributed by atoms with Crippen LogP contribution >= 0.6 is 0 Å². The highest BCUT2D eigenvalue weighted by atomic mass is 16.1. The molecule has 1 rings (SSSR count). The Bertz CT molecular complexity index is 152. The highest BCUT2D eigenvalue weighted by Crippen LogP contribution is 2.27. The van der Waals surface area contributed by atoms with E-state index in [1.165, 1.54) is 5.57 Å². The second-order valence-electron chi connectivity index (χ2n) is 2.96. The lowest BCUT2D eigenvalue weighted by atomic mass is 10.0. The van der Waals surface area contributed by atoms with Crippen LogP contribution in [0.15, 0.2) is 11.6 Å². The van der Waals surface area contributed by atoms with Crippen molar-refractivity contribution >= 4 is 6.29 Å². The second kappa shape index (κ2) is 4.32. The monoisotopic (exact) mass is 150 g/mol. The normalized spacial score (nSPS) is 21.7. The van der Waals surface area contributed by atoms with E-state index in [9.17, 15) is 4.79 Å². The van der Waals surface area contributed by atoms with Gasteiger partial charge in [-0.2, -0.15) is 0 Å². The molecule has 0 aliphatic heterocycles. The van der Waals surface area contributed by atoms with Crippen molar-refractivity contribution in [3.63, 3.8) is 0 Å². The van der Waals surface area contributed by atoms with E-state index in [4.69, 9.17) is 0 Å². The van der Waals surface area contributed by atoms with Crippen molar-refractivity contribution in [2.24, 2.45) is 5.92 Å². The van der Waals surface area contributed by atoms with Crippen LogP contribution in [0.5, 0.6) is 0 Å². The van der Waals surface area contributed by atoms with Crippen molar-refractivity contribution in [2.75, 3.05) is 0 Å². The Morgan fingerprint density at radius 3 is 2.91 bits per heavy atom. The van der Waals surface area contributed by atoms with Gasteiger partial charge >= 0.3 is 0 Å². The molecular formula is C10H14O. The maximum absolute atomic E-state index is 10.5. The van der Waals surface area contributed by atoms with E-state index in [1.54, 1.807) is 0 Å². The number of allylic oxidation sites excluding steroid dienone is 2. The molecule has 11 heavy (non-hydrogen) atoms. The Labute approximate surface area is 68.5 Å². The molecule has 0 aromatic heterocycles. The number of aldehydes is 1. The minimum absolute atomic E-state index is 0.203. The summed E-state index contributed by atoms with van der Waals surface area (Å²) in [6, 6.07) is 0. The molecule has 60 valence electrons. The predicted molar refractivity (Wildman–Crippen MR) is 45.8 cm³/mol. The fourth-order valence-corrected chi connectivity index (χ4v) is 1.03. The highest BCUT2D eigenvalue weighted by molar-refractivity contribution is 5.54. The second-order valence-corrected chi connectivity index (χ2v) is 2.96. The largest absolute Gasteiger partial charge is 0.303 e. The maximum atomic E-state index is 10.5. The van der Waals surface area contributed by atoms with Crippen molar-refractivity contribution in [2.45, 2.75) is 25.7 Å². The Morgan fingerprint density at radius 1 is 1.73 bits per heavy atom. The zero-order valence-electron chi connectivity index (χ0n) is 6.75. The van der Waals surface area contributed by atoms with Crippen molar-refractivity contribution in [1.29, 1.82) is 0 Å². The molecule has 1 fully saturated rings. The summed E-state index contributed by atoms with van der Waals surface area (Å²) in [5.74, 6) is 0.203. The molecule has 0 spiro atoms. The van der Waals surface area contributed by atoms with E-state index in [-0.39, 0.29) is 5.92 Å². The summed E-state index contributed by atoms with van der Waals surface area (Å²) in [4.78, 5) is 10.5. The molecule has 0 aromatic carbocycles. The molecule has 0 aromatic rings. The number of hydrogen-bond donors (Lipinski definition) is 0. The van der Waals surface area contributed by atoms with Crippen LogP contribution in [0.25, 0.3) is 0 Å². The van der Waals surface area contributed by atoms with Crippen molar-refractivity contribution in [3.05, 3.63) is 25.0 Å². The zero-order valence-corrected chi connectivity index (χ0v) is 6.75. The number of carbonyl (C=O) groups excluding carboxylic acids is 1. The summed E-state index contributed by atoms with van der Waals surface area (Å²) < 4.78 is 0. The highest BCUT2D eigenvalue weighted by Gasteiger charge is 2.12. The molecule has 0 saturated heterocycles. The fourth-order valence-electron chi connectivity index (χ4n) is 1.03. The van der Waals surface area contributed by atoms with Crippen molar-refractivity contribution in [1.82, 2.24) is 0 Å². The van der Waals surface area contributed by atoms with E-state index in [0.29, 0.717) is 0 Å². The molecule has 0 N–H and O–H groups in total. The molecule has 2 radical (unpaired) electrons. The fraction of sp³-hybridized carbons (Fsp3) is 0.500. The molecule has 1 unspecified atom stereocenters. The van der Waals surface area contributed by atoms with Crippen LogP contribution in [0.3, 0.4) is 0 Å². The molecule has 1 aliphatic rings. The first-order valence-electron chi connectivity index (χ1n) is 4.13. The van der Waals surface area contributed by atoms with Crippen LogP contribution in [-0.4, -0.2) is 6.29 Å². The molecule has 1 nitrogen and oxygen atoms in total. The molecule has 0 amide bonds. The van der Waals surface area contributed by atoms with Gasteiger partial charge < -0.3 is 4.79 Å². The van der Waals surface area contributed by atoms with Crippen LogP contribution in [0.4, 0.5) is 0 Å². The minimum Gasteiger partial charge on any atom is -0.303 e. The van der Waals surface area contributed by atoms with Gasteiger partial charge in [0, 0.05) is 5.92 Å². The third-order valence-corrected chi connectivity index (χ3v) is 1.89. The smallest absolute Gasteiger partial charge is 0.123 e. The van der Waals surface area contributed by atoms with Crippen molar-refractivity contribution < 1.29 is 4.79 Å². The molecule has 1 heteroatoms. The van der Waals surface area contributed by atoms with Gasteiger partial charge in [0.2, 0.25) is 0 Å². The first-order chi connectivity index (χ1) is 5.36. The van der Waals surface area contributed by atoms with E-state index in [2.05, 4.69) is 19.4 Å². The summed E-state index contributed by atoms with van der Waals surface area (Å²) in [5.41, 5.74) is 1.40. The van der Waals surface area contributed by atoms with E-state index in [0.717, 1.165) is 32.0 Å². The Morgan fingerprint density at radius 2 is 2.45 bits per heavy atom. The third-order valence-electron chi connectivity index (χ3n) is 1.89. The zero-order chi connectivity index (χ0) is 8.10. The van der Waals surface area contributed by atoms with Gasteiger partial charge in [-0.3, -0.25) is 0 Å². The van der Waals surface area contributed by atoms with Crippen LogP contribution in [-0.2, 0) is 4.79 Å². The summed E-state index contributed by atoms with van der Waals surface area (Å²) >= 11 is 0. The quantitative estimate of drug-likeness (QED) is 0.550. The average molecular weight is 150 g/mol. The Balaban J connectivity index is 2.19. The van der Waals surface area contributed by atoms with E-state index < -0.39 is 0 Å². The van der Waals surface area contributed by atoms with Gasteiger partial charge in [0.25, 0.3) is 0 Å². The summed E-state index contributed by atoms with van der Waals surface area (Å²) in [5, 5.41) is 0. The first-order valence-corrected chi connectivity index (χ1v) is 4.13. The lowest BCUT2D eigenvalue weighted by Crippen LogP contribution is -1.99. The molecule has 1 aliphatic carbocycles. The van der Waals surface area contributed by atoms with E-state index >= 15 is 0 Å². The molecular weight excluding hydrogens is 136 g/mol. The number of hydrogen-bond acceptors (Lipinski definition) is 1. The van der Waals surface area contributed by atoms with Gasteiger partial charge in [0.15, 0.2) is 0 Å². The number of carbonyl (C=O) groups is 1. The SMILES string of the molecule is [CH2]CCC(C=O)CC=C1[CH]C1. The first kappa shape index (κ1) is 8.51. The molecule has 0 heterocycles. The summed E-state index contributed by atoms with van der Waals surface area (Å²) in [7, 11) is 0. The third kappa shape index (κ3) is 3.35. The Hall–Kier alpha value is -0.590. The van der Waals surface area contributed by atoms with Crippen LogP contribution < -0.4 is 0 Å². The van der Waals surface area contributed by atoms with Gasteiger partial charge in [-0.1, -0.05) is 25.0 Å². The number of rotatable bonds is 5. The predicted octanol–water partition coefficient (Wildman–Crippen LogP) is 2.34. The Kier molecular flexibility index (Phi) is 3.34. The van der Waals surface area contributed by atoms with Crippen molar-refractivity contribution in [3.8, 4) is 0 Å². The lowest BCUT2D eigenvalue weighted by Gasteiger charge is -2.02. The maximum Gasteiger partial charge on any atom is 0.123 e. The molecule has 1 atom stereocenters. The topological polar surface area (TPSA) is 17.1 Å². The molecule has 1 saturated carbocycles. The van der Waals surface area contributed by atoms with Gasteiger partial charge in [0.1, 0.15) is 6.29 Å². The van der Waals surface area contributed by atoms with Crippen LogP contribution in [0, 0.1) is 19.3 Å². The average Bonchev–Trinajstić information content (AvgIpc) is 2.81. The van der Waals surface area contributed by atoms with E-state index in [1.807, 2.05) is 0 Å². The standard InChI is InChI=1S/C10H14O/c1-2-3-10(8-11)7-6-9-4-5-9/h4,6,8,10H,1-3,5,7H2. The van der Waals surface area contributed by atoms with Gasteiger partial charge in [-0.15, -0.1) is 0 Å². The van der Waals surface area contributed by atoms with Gasteiger partial charge in [0.05, 0.1) is 0 Å². The minimum atomic E-state index is 0.203. The van der Waals surface area contributed by atoms with Gasteiger partial charge in [-0.05, 0) is 25.7 Å². The lowest BCUT2D eigenvalue weighted by molar-refractivity contribution is -0.111.